The third-order valence-electron chi connectivity index (χ3n) is 2.09. The Hall–Kier alpha value is -1.36. The number of hydrogen-bond donors (Lipinski definition) is 1. The number of hydrogen-bond acceptors (Lipinski definition) is 4. The molecule has 0 aliphatic carbocycles. The van der Waals surface area contributed by atoms with Gasteiger partial charge in [-0.15, -0.1) is 0 Å². The van der Waals surface area contributed by atoms with Crippen LogP contribution in [-0.4, -0.2) is 24.0 Å². The molecule has 1 rings (SSSR count). The molecule has 0 aromatic carbocycles. The molecule has 0 saturated heterocycles. The molecular formula is C13H19NO3S. The molecule has 0 spiro atoms. The highest BCUT2D eigenvalue weighted by Gasteiger charge is 2.15. The molecule has 0 aliphatic rings. The Morgan fingerprint density at radius 3 is 2.67 bits per heavy atom. The van der Waals surface area contributed by atoms with Crippen molar-refractivity contribution in [1.29, 1.82) is 0 Å². The van der Waals surface area contributed by atoms with Crippen LogP contribution < -0.4 is 5.32 Å². The zero-order chi connectivity index (χ0) is 13.6. The number of ketones is 1. The van der Waals surface area contributed by atoms with E-state index in [1.54, 1.807) is 0 Å². The number of thiophene rings is 1. The van der Waals surface area contributed by atoms with Gasteiger partial charge in [0, 0.05) is 23.9 Å². The third-order valence-corrected chi connectivity index (χ3v) is 2.78. The molecule has 5 heteroatoms. The minimum Gasteiger partial charge on any atom is -0.444 e. The summed E-state index contributed by atoms with van der Waals surface area (Å²) >= 11 is 1.51. The number of carbonyl (C=O) groups excluding carboxylic acids is 2. The maximum atomic E-state index is 11.6. The van der Waals surface area contributed by atoms with Gasteiger partial charge in [-0.1, -0.05) is 0 Å². The van der Waals surface area contributed by atoms with E-state index in [1.165, 1.54) is 11.3 Å². The summed E-state index contributed by atoms with van der Waals surface area (Å²) in [5.74, 6) is 0.113. The smallest absolute Gasteiger partial charge is 0.407 e. The maximum absolute atomic E-state index is 11.6. The van der Waals surface area contributed by atoms with Crippen LogP contribution in [0.4, 0.5) is 4.79 Å². The van der Waals surface area contributed by atoms with Crippen LogP contribution >= 0.6 is 11.3 Å². The zero-order valence-electron chi connectivity index (χ0n) is 11.0. The highest BCUT2D eigenvalue weighted by molar-refractivity contribution is 7.08. The van der Waals surface area contributed by atoms with Gasteiger partial charge in [0.05, 0.1) is 0 Å². The normalized spacial score (nSPS) is 11.1. The number of carbonyl (C=O) groups is 2. The van der Waals surface area contributed by atoms with Crippen LogP contribution in [0.1, 0.15) is 44.0 Å². The lowest BCUT2D eigenvalue weighted by molar-refractivity contribution is 0.0525. The largest absolute Gasteiger partial charge is 0.444 e. The third kappa shape index (κ3) is 5.82. The first-order chi connectivity index (χ1) is 8.38. The number of ether oxygens (including phenoxy) is 1. The van der Waals surface area contributed by atoms with E-state index in [0.717, 1.165) is 5.56 Å². The number of alkyl carbamates (subject to hydrolysis) is 1. The molecule has 1 N–H and O–H groups in total. The molecule has 1 amide bonds. The molecule has 0 fully saturated rings. The second kappa shape index (κ2) is 6.54. The van der Waals surface area contributed by atoms with Crippen molar-refractivity contribution in [3.05, 3.63) is 22.4 Å². The van der Waals surface area contributed by atoms with Gasteiger partial charge in [-0.05, 0) is 38.6 Å². The predicted molar refractivity (Wildman–Crippen MR) is 72.1 cm³/mol. The molecule has 0 unspecified atom stereocenters. The number of nitrogens with one attached hydrogen (secondary N) is 1. The summed E-state index contributed by atoms with van der Waals surface area (Å²) in [5.41, 5.74) is 0.258. The Labute approximate surface area is 111 Å². The first-order valence-corrected chi connectivity index (χ1v) is 6.85. The van der Waals surface area contributed by atoms with Gasteiger partial charge in [-0.2, -0.15) is 11.3 Å². The monoisotopic (exact) mass is 269 g/mol. The summed E-state index contributed by atoms with van der Waals surface area (Å²) in [6.45, 7) is 5.89. The lowest BCUT2D eigenvalue weighted by Crippen LogP contribution is -2.33. The van der Waals surface area contributed by atoms with Crippen molar-refractivity contribution in [2.24, 2.45) is 0 Å². The zero-order valence-corrected chi connectivity index (χ0v) is 11.8. The second-order valence-corrected chi connectivity index (χ2v) is 5.75. The summed E-state index contributed by atoms with van der Waals surface area (Å²) in [5, 5.41) is 6.35. The molecule has 0 radical (unpaired) electrons. The van der Waals surface area contributed by atoms with E-state index in [1.807, 2.05) is 37.6 Å². The van der Waals surface area contributed by atoms with Crippen molar-refractivity contribution in [3.8, 4) is 0 Å². The molecule has 0 bridgehead atoms. The lowest BCUT2D eigenvalue weighted by Gasteiger charge is -2.19. The fraction of sp³-hybridized carbons (Fsp3) is 0.538. The molecule has 0 saturated carbocycles. The average Bonchev–Trinajstić information content (AvgIpc) is 2.74. The highest BCUT2D eigenvalue weighted by atomic mass is 32.1. The first-order valence-electron chi connectivity index (χ1n) is 5.91. The Bertz CT molecular complexity index is 393. The van der Waals surface area contributed by atoms with Crippen molar-refractivity contribution in [2.45, 2.75) is 39.2 Å². The van der Waals surface area contributed by atoms with Crippen LogP contribution in [0.15, 0.2) is 16.8 Å². The molecule has 1 aromatic rings. The van der Waals surface area contributed by atoms with Crippen LogP contribution in [0.25, 0.3) is 0 Å². The minimum absolute atomic E-state index is 0.113. The summed E-state index contributed by atoms with van der Waals surface area (Å²) in [7, 11) is 0. The molecule has 100 valence electrons. The summed E-state index contributed by atoms with van der Waals surface area (Å²) < 4.78 is 5.08. The van der Waals surface area contributed by atoms with Gasteiger partial charge in [0.25, 0.3) is 0 Å². The molecule has 18 heavy (non-hydrogen) atoms. The standard InChI is InChI=1S/C13H19NO3S/c1-13(2,3)17-12(16)14-7-4-5-11(15)10-6-8-18-9-10/h6,8-9H,4-5,7H2,1-3H3,(H,14,16). The predicted octanol–water partition coefficient (Wildman–Crippen LogP) is 3.24. The number of amides is 1. The molecule has 4 nitrogen and oxygen atoms in total. The van der Waals surface area contributed by atoms with E-state index < -0.39 is 11.7 Å². The van der Waals surface area contributed by atoms with Gasteiger partial charge >= 0.3 is 6.09 Å². The van der Waals surface area contributed by atoms with Crippen LogP contribution in [0.2, 0.25) is 0 Å². The minimum atomic E-state index is -0.490. The van der Waals surface area contributed by atoms with E-state index in [4.69, 9.17) is 4.74 Å². The Morgan fingerprint density at radius 2 is 2.11 bits per heavy atom. The average molecular weight is 269 g/mol. The van der Waals surface area contributed by atoms with E-state index >= 15 is 0 Å². The molecule has 1 heterocycles. The van der Waals surface area contributed by atoms with Crippen LogP contribution in [0.3, 0.4) is 0 Å². The quantitative estimate of drug-likeness (QED) is 0.659. The van der Waals surface area contributed by atoms with Crippen LogP contribution in [0, 0.1) is 0 Å². The summed E-state index contributed by atoms with van der Waals surface area (Å²) in [6.07, 6.45) is 0.617. The topological polar surface area (TPSA) is 55.4 Å². The number of Topliss-reactive ketones (excluding diaryl/α,β-unsaturated/α-hetero) is 1. The fourth-order valence-electron chi connectivity index (χ4n) is 1.32. The van der Waals surface area contributed by atoms with Crippen LogP contribution in [0.5, 0.6) is 0 Å². The SMILES string of the molecule is CC(C)(C)OC(=O)NCCCC(=O)c1ccsc1. The van der Waals surface area contributed by atoms with E-state index in [2.05, 4.69) is 5.32 Å². The van der Waals surface area contributed by atoms with Crippen LogP contribution in [-0.2, 0) is 4.74 Å². The second-order valence-electron chi connectivity index (χ2n) is 4.97. The van der Waals surface area contributed by atoms with Crippen molar-refractivity contribution in [2.75, 3.05) is 6.54 Å². The van der Waals surface area contributed by atoms with Crippen molar-refractivity contribution in [1.82, 2.24) is 5.32 Å². The van der Waals surface area contributed by atoms with Crippen molar-refractivity contribution < 1.29 is 14.3 Å². The molecule has 0 atom stereocenters. The van der Waals surface area contributed by atoms with Gasteiger partial charge in [0.2, 0.25) is 0 Å². The van der Waals surface area contributed by atoms with E-state index in [0.29, 0.717) is 19.4 Å². The van der Waals surface area contributed by atoms with Crippen molar-refractivity contribution in [3.63, 3.8) is 0 Å². The summed E-state index contributed by atoms with van der Waals surface area (Å²) in [6, 6.07) is 1.81. The van der Waals surface area contributed by atoms with Gasteiger partial charge < -0.3 is 10.1 Å². The van der Waals surface area contributed by atoms with Gasteiger partial charge in [-0.3, -0.25) is 4.79 Å². The van der Waals surface area contributed by atoms with E-state index in [-0.39, 0.29) is 5.78 Å². The van der Waals surface area contributed by atoms with Gasteiger partial charge in [-0.25, -0.2) is 4.79 Å². The Kier molecular flexibility index (Phi) is 5.34. The Morgan fingerprint density at radius 1 is 1.39 bits per heavy atom. The summed E-state index contributed by atoms with van der Waals surface area (Å²) in [4.78, 5) is 23.0. The van der Waals surface area contributed by atoms with Crippen molar-refractivity contribution >= 4 is 23.2 Å². The highest BCUT2D eigenvalue weighted by Crippen LogP contribution is 2.10. The number of rotatable bonds is 5. The molecule has 1 aromatic heterocycles. The van der Waals surface area contributed by atoms with E-state index in [9.17, 15) is 9.59 Å². The molecular weight excluding hydrogens is 250 g/mol. The molecule has 0 aliphatic heterocycles. The Balaban J connectivity index is 2.16. The fourth-order valence-corrected chi connectivity index (χ4v) is 1.98. The first kappa shape index (κ1) is 14.7. The lowest BCUT2D eigenvalue weighted by atomic mass is 10.1. The van der Waals surface area contributed by atoms with Gasteiger partial charge in [0.15, 0.2) is 5.78 Å². The maximum Gasteiger partial charge on any atom is 0.407 e. The van der Waals surface area contributed by atoms with Gasteiger partial charge in [0.1, 0.15) is 5.60 Å².